The van der Waals surface area contributed by atoms with Crippen molar-refractivity contribution in [2.24, 2.45) is 0 Å². The molecule has 0 saturated carbocycles. The zero-order valence-corrected chi connectivity index (χ0v) is 6.41. The van der Waals surface area contributed by atoms with E-state index in [1.807, 2.05) is 6.08 Å². The lowest BCUT2D eigenvalue weighted by Crippen LogP contribution is -2.05. The smallest absolute Gasteiger partial charge is 0.315 e. The molecule has 0 aliphatic carbocycles. The first-order valence-electron chi connectivity index (χ1n) is 4.15. The van der Waals surface area contributed by atoms with Crippen LogP contribution in [0.15, 0.2) is 12.0 Å². The SMILES string of the molecule is C1=C2OOC(CCCCC1)O2. The normalized spacial score (nSPS) is 30.5. The van der Waals surface area contributed by atoms with E-state index in [0.29, 0.717) is 5.95 Å². The van der Waals surface area contributed by atoms with E-state index in [1.54, 1.807) is 0 Å². The zero-order chi connectivity index (χ0) is 7.52. The molecule has 1 fully saturated rings. The van der Waals surface area contributed by atoms with E-state index in [1.165, 1.54) is 12.8 Å². The molecule has 2 rings (SSSR count). The van der Waals surface area contributed by atoms with Gasteiger partial charge in [-0.2, -0.15) is 0 Å². The molecule has 0 aromatic heterocycles. The highest BCUT2D eigenvalue weighted by Gasteiger charge is 2.23. The molecule has 11 heavy (non-hydrogen) atoms. The van der Waals surface area contributed by atoms with E-state index in [-0.39, 0.29) is 6.29 Å². The summed E-state index contributed by atoms with van der Waals surface area (Å²) in [7, 11) is 0. The van der Waals surface area contributed by atoms with E-state index in [0.717, 1.165) is 19.3 Å². The summed E-state index contributed by atoms with van der Waals surface area (Å²) >= 11 is 0. The highest BCUT2D eigenvalue weighted by atomic mass is 17.3. The first kappa shape index (κ1) is 6.98. The predicted molar refractivity (Wildman–Crippen MR) is 38.2 cm³/mol. The lowest BCUT2D eigenvalue weighted by Gasteiger charge is -2.02. The molecular weight excluding hydrogens is 144 g/mol. The molecule has 3 heteroatoms. The molecule has 0 N–H and O–H groups in total. The van der Waals surface area contributed by atoms with Crippen LogP contribution in [0.5, 0.6) is 0 Å². The second-order valence-electron chi connectivity index (χ2n) is 2.89. The van der Waals surface area contributed by atoms with Crippen LogP contribution in [0.3, 0.4) is 0 Å². The van der Waals surface area contributed by atoms with Crippen LogP contribution in [0, 0.1) is 0 Å². The monoisotopic (exact) mass is 156 g/mol. The van der Waals surface area contributed by atoms with Gasteiger partial charge in [0.05, 0.1) is 0 Å². The van der Waals surface area contributed by atoms with Gasteiger partial charge in [0, 0.05) is 6.42 Å². The van der Waals surface area contributed by atoms with Gasteiger partial charge in [0.25, 0.3) is 0 Å². The number of hydrogen-bond acceptors (Lipinski definition) is 3. The summed E-state index contributed by atoms with van der Waals surface area (Å²) < 4.78 is 5.30. The van der Waals surface area contributed by atoms with Gasteiger partial charge in [0.2, 0.25) is 6.29 Å². The van der Waals surface area contributed by atoms with Gasteiger partial charge in [-0.1, -0.05) is 6.42 Å². The Balaban J connectivity index is 2.00. The molecule has 2 bridgehead atoms. The first-order chi connectivity index (χ1) is 5.45. The highest BCUT2D eigenvalue weighted by molar-refractivity contribution is 4.85. The van der Waals surface area contributed by atoms with Crippen molar-refractivity contribution in [3.05, 3.63) is 12.0 Å². The van der Waals surface area contributed by atoms with Crippen molar-refractivity contribution in [3.8, 4) is 0 Å². The molecule has 2 heterocycles. The Bertz CT molecular complexity index is 165. The first-order valence-corrected chi connectivity index (χ1v) is 4.15. The lowest BCUT2D eigenvalue weighted by molar-refractivity contribution is -0.264. The third-order valence-electron chi connectivity index (χ3n) is 1.94. The fraction of sp³-hybridized carbons (Fsp3) is 0.750. The molecule has 2 aliphatic rings. The van der Waals surface area contributed by atoms with Gasteiger partial charge in [0.15, 0.2) is 0 Å². The highest BCUT2D eigenvalue weighted by Crippen LogP contribution is 2.24. The molecule has 1 saturated heterocycles. The fourth-order valence-corrected chi connectivity index (χ4v) is 1.31. The van der Waals surface area contributed by atoms with Crippen molar-refractivity contribution in [1.29, 1.82) is 0 Å². The molecule has 0 spiro atoms. The molecule has 0 amide bonds. The summed E-state index contributed by atoms with van der Waals surface area (Å²) in [4.78, 5) is 9.73. The fourth-order valence-electron chi connectivity index (χ4n) is 1.31. The molecule has 0 aromatic carbocycles. The second kappa shape index (κ2) is 3.13. The third kappa shape index (κ3) is 1.66. The molecule has 2 aliphatic heterocycles. The summed E-state index contributed by atoms with van der Waals surface area (Å²) in [5.74, 6) is 0.553. The minimum atomic E-state index is -0.153. The molecule has 0 radical (unpaired) electrons. The third-order valence-corrected chi connectivity index (χ3v) is 1.94. The van der Waals surface area contributed by atoms with Crippen molar-refractivity contribution < 1.29 is 14.5 Å². The molecule has 3 nitrogen and oxygen atoms in total. The van der Waals surface area contributed by atoms with Crippen molar-refractivity contribution in [2.75, 3.05) is 0 Å². The Morgan fingerprint density at radius 2 is 2.27 bits per heavy atom. The number of fused-ring (bicyclic) bond motifs is 2. The van der Waals surface area contributed by atoms with Crippen LogP contribution in [0.2, 0.25) is 0 Å². The van der Waals surface area contributed by atoms with Crippen LogP contribution >= 0.6 is 0 Å². The van der Waals surface area contributed by atoms with E-state index in [9.17, 15) is 0 Å². The van der Waals surface area contributed by atoms with E-state index >= 15 is 0 Å². The van der Waals surface area contributed by atoms with Gasteiger partial charge in [-0.15, -0.1) is 4.89 Å². The maximum absolute atomic E-state index is 5.30. The minimum Gasteiger partial charge on any atom is -0.430 e. The van der Waals surface area contributed by atoms with Crippen LogP contribution in [0.1, 0.15) is 32.1 Å². The lowest BCUT2D eigenvalue weighted by atomic mass is 10.1. The van der Waals surface area contributed by atoms with Crippen molar-refractivity contribution in [2.45, 2.75) is 38.4 Å². The Hall–Kier alpha value is -0.700. The van der Waals surface area contributed by atoms with E-state index in [2.05, 4.69) is 0 Å². The average Bonchev–Trinajstić information content (AvgIpc) is 2.49. The van der Waals surface area contributed by atoms with Crippen molar-refractivity contribution >= 4 is 0 Å². The Morgan fingerprint density at radius 3 is 3.27 bits per heavy atom. The van der Waals surface area contributed by atoms with Gasteiger partial charge in [-0.3, -0.25) is 4.89 Å². The van der Waals surface area contributed by atoms with Gasteiger partial charge >= 0.3 is 5.95 Å². The average molecular weight is 156 g/mol. The van der Waals surface area contributed by atoms with Gasteiger partial charge < -0.3 is 4.74 Å². The number of allylic oxidation sites excluding steroid dienone is 1. The predicted octanol–water partition coefficient (Wildman–Crippen LogP) is 2.10. The maximum atomic E-state index is 5.30. The Morgan fingerprint density at radius 1 is 1.27 bits per heavy atom. The second-order valence-corrected chi connectivity index (χ2v) is 2.89. The van der Waals surface area contributed by atoms with Crippen LogP contribution < -0.4 is 0 Å². The maximum Gasteiger partial charge on any atom is 0.315 e. The molecule has 1 atom stereocenters. The van der Waals surface area contributed by atoms with E-state index < -0.39 is 0 Å². The topological polar surface area (TPSA) is 27.7 Å². The van der Waals surface area contributed by atoms with Crippen LogP contribution in [-0.2, 0) is 14.5 Å². The summed E-state index contributed by atoms with van der Waals surface area (Å²) in [6.07, 6.45) is 7.42. The summed E-state index contributed by atoms with van der Waals surface area (Å²) in [6.45, 7) is 0. The van der Waals surface area contributed by atoms with Crippen LogP contribution in [0.25, 0.3) is 0 Å². The molecule has 0 aromatic rings. The molecule has 1 unspecified atom stereocenters. The zero-order valence-electron chi connectivity index (χ0n) is 6.41. The number of rotatable bonds is 0. The van der Waals surface area contributed by atoms with Gasteiger partial charge in [-0.05, 0) is 25.3 Å². The van der Waals surface area contributed by atoms with Crippen molar-refractivity contribution in [1.82, 2.24) is 0 Å². The Labute approximate surface area is 65.9 Å². The van der Waals surface area contributed by atoms with E-state index in [4.69, 9.17) is 14.5 Å². The quantitative estimate of drug-likeness (QED) is 0.502. The van der Waals surface area contributed by atoms with Crippen molar-refractivity contribution in [3.63, 3.8) is 0 Å². The van der Waals surface area contributed by atoms with Crippen LogP contribution in [-0.4, -0.2) is 6.29 Å². The number of hydrogen-bond donors (Lipinski definition) is 0. The molecule has 62 valence electrons. The largest absolute Gasteiger partial charge is 0.430 e. The standard InChI is InChI=1S/C8H12O3/c1-2-4-6-8-9-7(5-3-1)10-11-8/h5,8H,1-4,6H2. The summed E-state index contributed by atoms with van der Waals surface area (Å²) in [6, 6.07) is 0. The number of ether oxygens (including phenoxy) is 1. The summed E-state index contributed by atoms with van der Waals surface area (Å²) in [5, 5.41) is 0. The van der Waals surface area contributed by atoms with Gasteiger partial charge in [-0.25, -0.2) is 0 Å². The molecular formula is C8H12O3. The Kier molecular flexibility index (Phi) is 1.99. The van der Waals surface area contributed by atoms with Gasteiger partial charge in [0.1, 0.15) is 0 Å². The summed E-state index contributed by atoms with van der Waals surface area (Å²) in [5.41, 5.74) is 0. The minimum absolute atomic E-state index is 0.153. The van der Waals surface area contributed by atoms with Crippen LogP contribution in [0.4, 0.5) is 0 Å².